The zero-order chi connectivity index (χ0) is 23.9. The average molecular weight is 472 g/mol. The molecule has 0 bridgehead atoms. The van der Waals surface area contributed by atoms with Crippen LogP contribution in [0.2, 0.25) is 0 Å². The number of benzene rings is 2. The second-order valence-electron chi connectivity index (χ2n) is 9.41. The standard InChI is InChI=1S/C26H29N7O2/c1-32-9-11-33(12-10-32)18-6-8-20(23(14-18)35-2)28-25-27-15-22-24(31-25)19-7-5-17(16-3-4-16)13-21(19)29-26(34)30-22/h5-8,13-16H,3-4,9-12H2,1-2H3,(H,27,28,31)(H2,29,30,34). The Hall–Kier alpha value is -3.85. The van der Waals surface area contributed by atoms with E-state index in [-0.39, 0.29) is 6.03 Å². The average Bonchev–Trinajstić information content (AvgIpc) is 3.72. The fourth-order valence-electron chi connectivity index (χ4n) is 4.72. The van der Waals surface area contributed by atoms with Gasteiger partial charge in [-0.2, -0.15) is 0 Å². The minimum absolute atomic E-state index is 0.288. The van der Waals surface area contributed by atoms with Crippen molar-refractivity contribution in [2.24, 2.45) is 0 Å². The highest BCUT2D eigenvalue weighted by atomic mass is 16.5. The maximum Gasteiger partial charge on any atom is 0.323 e. The highest BCUT2D eigenvalue weighted by Crippen LogP contribution is 2.44. The molecule has 0 radical (unpaired) electrons. The number of hydrogen-bond donors (Lipinski definition) is 3. The Bertz CT molecular complexity index is 1280. The maximum absolute atomic E-state index is 12.4. The molecule has 3 heterocycles. The van der Waals surface area contributed by atoms with Crippen molar-refractivity contribution in [3.8, 4) is 17.0 Å². The molecule has 2 aromatic carbocycles. The summed E-state index contributed by atoms with van der Waals surface area (Å²) >= 11 is 0. The predicted octanol–water partition coefficient (Wildman–Crippen LogP) is 4.48. The molecule has 2 amide bonds. The SMILES string of the molecule is COc1cc(N2CCN(C)CC2)ccc1Nc1ncc2c(n1)-c1ccc(C3CC3)cc1NC(=O)N2. The van der Waals surface area contributed by atoms with Gasteiger partial charge in [-0.25, -0.2) is 14.8 Å². The molecule has 0 spiro atoms. The lowest BCUT2D eigenvalue weighted by atomic mass is 10.0. The number of hydrogen-bond acceptors (Lipinski definition) is 7. The van der Waals surface area contributed by atoms with Crippen molar-refractivity contribution in [2.75, 3.05) is 61.2 Å². The van der Waals surface area contributed by atoms with E-state index in [4.69, 9.17) is 9.72 Å². The lowest BCUT2D eigenvalue weighted by molar-refractivity contribution is 0.262. The molecule has 9 nitrogen and oxygen atoms in total. The van der Waals surface area contributed by atoms with Crippen LogP contribution in [0.4, 0.5) is 33.5 Å². The zero-order valence-electron chi connectivity index (χ0n) is 20.0. The van der Waals surface area contributed by atoms with Crippen molar-refractivity contribution in [1.82, 2.24) is 14.9 Å². The minimum Gasteiger partial charge on any atom is -0.494 e. The molecule has 2 fully saturated rings. The fourth-order valence-corrected chi connectivity index (χ4v) is 4.72. The van der Waals surface area contributed by atoms with Gasteiger partial charge in [-0.05, 0) is 49.6 Å². The first-order chi connectivity index (χ1) is 17.1. The number of aromatic nitrogens is 2. The van der Waals surface area contributed by atoms with Gasteiger partial charge in [-0.1, -0.05) is 12.1 Å². The van der Waals surface area contributed by atoms with Gasteiger partial charge in [0, 0.05) is 43.5 Å². The van der Waals surface area contributed by atoms with Crippen LogP contribution in [-0.2, 0) is 0 Å². The first-order valence-electron chi connectivity index (χ1n) is 12.1. The van der Waals surface area contributed by atoms with Gasteiger partial charge in [-0.15, -0.1) is 0 Å². The highest BCUT2D eigenvalue weighted by Gasteiger charge is 2.27. The van der Waals surface area contributed by atoms with E-state index >= 15 is 0 Å². The van der Waals surface area contributed by atoms with Crippen LogP contribution >= 0.6 is 0 Å². The van der Waals surface area contributed by atoms with E-state index in [1.54, 1.807) is 13.3 Å². The van der Waals surface area contributed by atoms with Gasteiger partial charge in [0.2, 0.25) is 5.95 Å². The number of amides is 2. The van der Waals surface area contributed by atoms with Crippen molar-refractivity contribution in [1.29, 1.82) is 0 Å². The molecule has 1 aliphatic carbocycles. The Labute approximate surface area is 204 Å². The Balaban J connectivity index is 1.30. The van der Waals surface area contributed by atoms with Crippen LogP contribution in [0.1, 0.15) is 24.3 Å². The molecular formula is C26H29N7O2. The van der Waals surface area contributed by atoms with E-state index in [0.717, 1.165) is 54.6 Å². The third-order valence-electron chi connectivity index (χ3n) is 6.93. The molecule has 9 heteroatoms. The normalized spacial score (nSPS) is 17.5. The molecule has 6 rings (SSSR count). The van der Waals surface area contributed by atoms with E-state index < -0.39 is 0 Å². The summed E-state index contributed by atoms with van der Waals surface area (Å²) in [5.74, 6) is 1.75. The van der Waals surface area contributed by atoms with Crippen LogP contribution in [0.15, 0.2) is 42.6 Å². The van der Waals surface area contributed by atoms with Gasteiger partial charge in [0.15, 0.2) is 0 Å². The Morgan fingerprint density at radius 2 is 1.83 bits per heavy atom. The largest absolute Gasteiger partial charge is 0.494 e. The lowest BCUT2D eigenvalue weighted by Gasteiger charge is -2.34. The summed E-state index contributed by atoms with van der Waals surface area (Å²) in [4.78, 5) is 26.4. The number of anilines is 5. The van der Waals surface area contributed by atoms with Crippen LogP contribution in [0.5, 0.6) is 5.75 Å². The summed E-state index contributed by atoms with van der Waals surface area (Å²) < 4.78 is 5.69. The van der Waals surface area contributed by atoms with Gasteiger partial charge in [-0.3, -0.25) is 0 Å². The number of urea groups is 1. The molecule has 1 saturated carbocycles. The summed E-state index contributed by atoms with van der Waals surface area (Å²) in [6.45, 7) is 4.06. The van der Waals surface area contributed by atoms with Crippen LogP contribution in [0.25, 0.3) is 11.3 Å². The van der Waals surface area contributed by atoms with Gasteiger partial charge < -0.3 is 30.5 Å². The third-order valence-corrected chi connectivity index (χ3v) is 6.93. The van der Waals surface area contributed by atoms with E-state index in [1.165, 1.54) is 18.4 Å². The van der Waals surface area contributed by atoms with E-state index in [0.29, 0.717) is 23.2 Å². The van der Waals surface area contributed by atoms with Gasteiger partial charge in [0.25, 0.3) is 0 Å². The highest BCUT2D eigenvalue weighted by molar-refractivity contribution is 6.07. The molecule has 35 heavy (non-hydrogen) atoms. The number of fused-ring (bicyclic) bond motifs is 3. The zero-order valence-corrected chi connectivity index (χ0v) is 20.0. The van der Waals surface area contributed by atoms with Crippen molar-refractivity contribution >= 4 is 34.7 Å². The van der Waals surface area contributed by atoms with Gasteiger partial charge >= 0.3 is 6.03 Å². The molecular weight excluding hydrogens is 442 g/mol. The van der Waals surface area contributed by atoms with Crippen molar-refractivity contribution in [2.45, 2.75) is 18.8 Å². The number of likely N-dealkylation sites (N-methyl/N-ethyl adjacent to an activating group) is 1. The van der Waals surface area contributed by atoms with E-state index in [2.05, 4.69) is 62.0 Å². The second-order valence-corrected chi connectivity index (χ2v) is 9.41. The third kappa shape index (κ3) is 4.35. The van der Waals surface area contributed by atoms with Crippen molar-refractivity contribution < 1.29 is 9.53 Å². The van der Waals surface area contributed by atoms with Crippen molar-refractivity contribution in [3.05, 3.63) is 48.2 Å². The summed E-state index contributed by atoms with van der Waals surface area (Å²) in [7, 11) is 3.82. The van der Waals surface area contributed by atoms with Crippen LogP contribution in [-0.4, -0.2) is 61.2 Å². The Morgan fingerprint density at radius 1 is 1.03 bits per heavy atom. The number of piperazine rings is 1. The summed E-state index contributed by atoms with van der Waals surface area (Å²) in [6.07, 6.45) is 4.04. The predicted molar refractivity (Wildman–Crippen MR) is 138 cm³/mol. The monoisotopic (exact) mass is 471 g/mol. The number of nitrogens with one attached hydrogen (secondary N) is 3. The molecule has 1 saturated heterocycles. The van der Waals surface area contributed by atoms with E-state index in [1.807, 2.05) is 12.1 Å². The molecule has 1 aromatic heterocycles. The van der Waals surface area contributed by atoms with Gasteiger partial charge in [0.1, 0.15) is 11.4 Å². The molecule has 180 valence electrons. The summed E-state index contributed by atoms with van der Waals surface area (Å²) in [6, 6.07) is 12.1. The Kier molecular flexibility index (Phi) is 5.41. The molecule has 3 N–H and O–H groups in total. The number of carbonyl (C=O) groups excluding carboxylic acids is 1. The molecule has 3 aliphatic rings. The molecule has 3 aromatic rings. The first-order valence-corrected chi connectivity index (χ1v) is 12.1. The number of methoxy groups -OCH3 is 1. The molecule has 0 unspecified atom stereocenters. The number of rotatable bonds is 5. The van der Waals surface area contributed by atoms with Crippen molar-refractivity contribution in [3.63, 3.8) is 0 Å². The number of ether oxygens (including phenoxy) is 1. The topological polar surface area (TPSA) is 94.7 Å². The van der Waals surface area contributed by atoms with Gasteiger partial charge in [0.05, 0.1) is 30.4 Å². The number of nitrogens with zero attached hydrogens (tertiary/aromatic N) is 4. The quantitative estimate of drug-likeness (QED) is 0.505. The summed E-state index contributed by atoms with van der Waals surface area (Å²) in [5.41, 5.74) is 6.05. The van der Waals surface area contributed by atoms with Crippen LogP contribution < -0.4 is 25.6 Å². The van der Waals surface area contributed by atoms with E-state index in [9.17, 15) is 4.79 Å². The summed E-state index contributed by atoms with van der Waals surface area (Å²) in [5, 5.41) is 9.12. The first kappa shape index (κ1) is 21.7. The molecule has 0 atom stereocenters. The smallest absolute Gasteiger partial charge is 0.323 e. The van der Waals surface area contributed by atoms with Crippen LogP contribution in [0, 0.1) is 0 Å². The number of carbonyl (C=O) groups is 1. The fraction of sp³-hybridized carbons (Fsp3) is 0.346. The van der Waals surface area contributed by atoms with Crippen LogP contribution in [0.3, 0.4) is 0 Å². The maximum atomic E-state index is 12.4. The lowest BCUT2D eigenvalue weighted by Crippen LogP contribution is -2.44. The molecule has 2 aliphatic heterocycles. The Morgan fingerprint density at radius 3 is 2.60 bits per heavy atom. The second kappa shape index (κ2) is 8.74. The minimum atomic E-state index is -0.288.